The Bertz CT molecular complexity index is 204. The summed E-state index contributed by atoms with van der Waals surface area (Å²) >= 11 is 0. The fourth-order valence-corrected chi connectivity index (χ4v) is 2.50. The van der Waals surface area contributed by atoms with E-state index in [2.05, 4.69) is 4.90 Å². The van der Waals surface area contributed by atoms with E-state index in [1.54, 1.807) is 0 Å². The summed E-state index contributed by atoms with van der Waals surface area (Å²) in [6, 6.07) is 0. The van der Waals surface area contributed by atoms with Crippen LogP contribution in [-0.4, -0.2) is 41.8 Å². The van der Waals surface area contributed by atoms with Gasteiger partial charge in [0.1, 0.15) is 0 Å². The summed E-state index contributed by atoms with van der Waals surface area (Å²) in [6.45, 7) is 4.02. The van der Waals surface area contributed by atoms with Gasteiger partial charge in [0, 0.05) is 6.54 Å². The number of nitrogens with zero attached hydrogens (tertiary/aromatic N) is 1. The predicted octanol–water partition coefficient (Wildman–Crippen LogP) is 0.962. The van der Waals surface area contributed by atoms with Crippen molar-refractivity contribution in [1.82, 2.24) is 4.90 Å². The maximum absolute atomic E-state index is 9.90. The zero-order chi connectivity index (χ0) is 10.7. The Kier molecular flexibility index (Phi) is 3.65. The zero-order valence-corrected chi connectivity index (χ0v) is 9.62. The Balaban J connectivity index is 1.78. The minimum Gasteiger partial charge on any atom is -0.389 e. The normalized spacial score (nSPS) is 32.0. The highest BCUT2D eigenvalue weighted by molar-refractivity contribution is 4.96. The van der Waals surface area contributed by atoms with Crippen molar-refractivity contribution in [3.05, 3.63) is 0 Å². The lowest BCUT2D eigenvalue weighted by Gasteiger charge is -2.29. The van der Waals surface area contributed by atoms with E-state index in [0.29, 0.717) is 5.92 Å². The Morgan fingerprint density at radius 3 is 2.67 bits per heavy atom. The van der Waals surface area contributed by atoms with Crippen LogP contribution < -0.4 is 5.73 Å². The molecule has 1 unspecified atom stereocenters. The van der Waals surface area contributed by atoms with Crippen molar-refractivity contribution >= 4 is 0 Å². The van der Waals surface area contributed by atoms with Gasteiger partial charge < -0.3 is 15.7 Å². The second-order valence-corrected chi connectivity index (χ2v) is 5.39. The van der Waals surface area contributed by atoms with E-state index in [1.807, 2.05) is 0 Å². The molecule has 1 aliphatic heterocycles. The van der Waals surface area contributed by atoms with Crippen molar-refractivity contribution in [2.45, 2.75) is 44.1 Å². The first-order valence-corrected chi connectivity index (χ1v) is 6.37. The smallest absolute Gasteiger partial charge is 0.0776 e. The average Bonchev–Trinajstić information content (AvgIpc) is 2.90. The molecule has 3 nitrogen and oxygen atoms in total. The molecule has 2 rings (SSSR count). The molecule has 0 aromatic carbocycles. The lowest BCUT2D eigenvalue weighted by molar-refractivity contribution is 0.0837. The van der Waals surface area contributed by atoms with Gasteiger partial charge in [0.2, 0.25) is 0 Å². The van der Waals surface area contributed by atoms with E-state index in [9.17, 15) is 5.11 Å². The van der Waals surface area contributed by atoms with E-state index in [1.165, 1.54) is 32.2 Å². The van der Waals surface area contributed by atoms with Gasteiger partial charge in [0.05, 0.1) is 5.60 Å². The Morgan fingerprint density at radius 2 is 2.00 bits per heavy atom. The van der Waals surface area contributed by atoms with Crippen LogP contribution in [0.15, 0.2) is 0 Å². The SMILES string of the molecule is NCC1CCCCN(CC2(O)CC2)CC1. The maximum Gasteiger partial charge on any atom is 0.0776 e. The summed E-state index contributed by atoms with van der Waals surface area (Å²) in [5, 5.41) is 9.90. The first-order chi connectivity index (χ1) is 7.22. The Hall–Kier alpha value is -0.120. The van der Waals surface area contributed by atoms with Crippen molar-refractivity contribution in [3.63, 3.8) is 0 Å². The van der Waals surface area contributed by atoms with Gasteiger partial charge in [-0.05, 0) is 57.7 Å². The largest absolute Gasteiger partial charge is 0.389 e. The van der Waals surface area contributed by atoms with Crippen molar-refractivity contribution in [2.24, 2.45) is 11.7 Å². The molecule has 1 atom stereocenters. The van der Waals surface area contributed by atoms with Crippen molar-refractivity contribution in [1.29, 1.82) is 0 Å². The molecule has 1 saturated heterocycles. The minimum atomic E-state index is -0.322. The number of aliphatic hydroxyl groups is 1. The standard InChI is InChI=1S/C12H24N2O/c13-9-11-3-1-2-7-14(8-4-11)10-12(15)5-6-12/h11,15H,1-10,13H2. The number of β-amino-alcohol motifs (C(OH)–C–C–N with tert-alkyl or cyclic N) is 1. The molecule has 15 heavy (non-hydrogen) atoms. The van der Waals surface area contributed by atoms with Gasteiger partial charge in [-0.1, -0.05) is 6.42 Å². The van der Waals surface area contributed by atoms with Gasteiger partial charge in [-0.25, -0.2) is 0 Å². The van der Waals surface area contributed by atoms with Gasteiger partial charge in [-0.2, -0.15) is 0 Å². The van der Waals surface area contributed by atoms with Crippen LogP contribution >= 0.6 is 0 Å². The molecule has 2 fully saturated rings. The summed E-state index contributed by atoms with van der Waals surface area (Å²) in [5.41, 5.74) is 5.42. The molecule has 0 aromatic rings. The van der Waals surface area contributed by atoms with Crippen LogP contribution in [0.3, 0.4) is 0 Å². The summed E-state index contributed by atoms with van der Waals surface area (Å²) in [4.78, 5) is 2.44. The number of hydrogen-bond donors (Lipinski definition) is 2. The van der Waals surface area contributed by atoms with E-state index < -0.39 is 0 Å². The molecule has 3 heteroatoms. The molecule has 88 valence electrons. The van der Waals surface area contributed by atoms with Crippen LogP contribution in [0.5, 0.6) is 0 Å². The molecule has 2 aliphatic rings. The molecule has 0 amide bonds. The van der Waals surface area contributed by atoms with Gasteiger partial charge in [-0.3, -0.25) is 0 Å². The fraction of sp³-hybridized carbons (Fsp3) is 1.00. The van der Waals surface area contributed by atoms with E-state index in [4.69, 9.17) is 5.73 Å². The molecular formula is C12H24N2O. The first kappa shape index (κ1) is 11.4. The van der Waals surface area contributed by atoms with E-state index in [-0.39, 0.29) is 5.60 Å². The van der Waals surface area contributed by atoms with E-state index >= 15 is 0 Å². The molecule has 1 aliphatic carbocycles. The van der Waals surface area contributed by atoms with Crippen LogP contribution in [0, 0.1) is 5.92 Å². The predicted molar refractivity (Wildman–Crippen MR) is 61.6 cm³/mol. The zero-order valence-electron chi connectivity index (χ0n) is 9.62. The molecule has 1 heterocycles. The quantitative estimate of drug-likeness (QED) is 0.732. The fourth-order valence-electron chi connectivity index (χ4n) is 2.50. The molecule has 1 saturated carbocycles. The summed E-state index contributed by atoms with van der Waals surface area (Å²) < 4.78 is 0. The minimum absolute atomic E-state index is 0.322. The topological polar surface area (TPSA) is 49.5 Å². The third-order valence-corrected chi connectivity index (χ3v) is 3.87. The van der Waals surface area contributed by atoms with Gasteiger partial charge in [0.15, 0.2) is 0 Å². The van der Waals surface area contributed by atoms with E-state index in [0.717, 1.165) is 32.5 Å². The molecular weight excluding hydrogens is 188 g/mol. The van der Waals surface area contributed by atoms with Crippen LogP contribution in [0.4, 0.5) is 0 Å². The van der Waals surface area contributed by atoms with Gasteiger partial charge in [-0.15, -0.1) is 0 Å². The molecule has 0 aromatic heterocycles. The lowest BCUT2D eigenvalue weighted by atomic mass is 9.96. The Labute approximate surface area is 92.6 Å². The maximum atomic E-state index is 9.90. The summed E-state index contributed by atoms with van der Waals surface area (Å²) in [6.07, 6.45) is 7.10. The Morgan fingerprint density at radius 1 is 1.20 bits per heavy atom. The molecule has 3 N–H and O–H groups in total. The number of nitrogens with two attached hydrogens (primary N) is 1. The van der Waals surface area contributed by atoms with Crippen LogP contribution in [-0.2, 0) is 0 Å². The van der Waals surface area contributed by atoms with Gasteiger partial charge >= 0.3 is 0 Å². The van der Waals surface area contributed by atoms with Crippen LogP contribution in [0.25, 0.3) is 0 Å². The number of hydrogen-bond acceptors (Lipinski definition) is 3. The highest BCUT2D eigenvalue weighted by atomic mass is 16.3. The lowest BCUT2D eigenvalue weighted by Crippen LogP contribution is -2.37. The first-order valence-electron chi connectivity index (χ1n) is 6.37. The average molecular weight is 212 g/mol. The highest BCUT2D eigenvalue weighted by Gasteiger charge is 2.41. The second-order valence-electron chi connectivity index (χ2n) is 5.39. The molecule has 0 bridgehead atoms. The van der Waals surface area contributed by atoms with Crippen LogP contribution in [0.2, 0.25) is 0 Å². The monoisotopic (exact) mass is 212 g/mol. The summed E-state index contributed by atoms with van der Waals surface area (Å²) in [5.74, 6) is 0.710. The third kappa shape index (κ3) is 3.44. The molecule has 0 spiro atoms. The molecule has 0 radical (unpaired) electrons. The van der Waals surface area contributed by atoms with Gasteiger partial charge in [0.25, 0.3) is 0 Å². The summed E-state index contributed by atoms with van der Waals surface area (Å²) in [7, 11) is 0. The van der Waals surface area contributed by atoms with Crippen molar-refractivity contribution in [3.8, 4) is 0 Å². The number of rotatable bonds is 3. The second kappa shape index (κ2) is 4.81. The van der Waals surface area contributed by atoms with Crippen molar-refractivity contribution < 1.29 is 5.11 Å². The van der Waals surface area contributed by atoms with Crippen molar-refractivity contribution in [2.75, 3.05) is 26.2 Å². The highest BCUT2D eigenvalue weighted by Crippen LogP contribution is 2.36. The van der Waals surface area contributed by atoms with Crippen LogP contribution in [0.1, 0.15) is 38.5 Å². The number of likely N-dealkylation sites (tertiary alicyclic amines) is 1. The third-order valence-electron chi connectivity index (χ3n) is 3.87.